The van der Waals surface area contributed by atoms with E-state index in [1.54, 1.807) is 13.2 Å². The van der Waals surface area contributed by atoms with E-state index in [1.165, 1.54) is 0 Å². The molecule has 122 valence electrons. The first-order chi connectivity index (χ1) is 11.0. The minimum Gasteiger partial charge on any atom is -0.383 e. The summed E-state index contributed by atoms with van der Waals surface area (Å²) in [7, 11) is 1.59. The van der Waals surface area contributed by atoms with Crippen molar-refractivity contribution in [3.63, 3.8) is 0 Å². The van der Waals surface area contributed by atoms with Gasteiger partial charge in [-0.15, -0.1) is 0 Å². The fraction of sp³-hybridized carbons (Fsp3) is 0.312. The Bertz CT molecular complexity index is 706. The standard InChI is InChI=1S/C16H19BrN4O2/c1-10-8-12(17)4-5-13(10)20-16-19-11(2)9-14(21-16)15(22)18-6-7-23-3/h4-5,8-9H,6-7H2,1-3H3,(H,18,22)(H,19,20,21). The predicted octanol–water partition coefficient (Wildman–Crippen LogP) is 2.98. The number of hydrogen-bond acceptors (Lipinski definition) is 5. The molecule has 0 aliphatic heterocycles. The molecule has 0 aliphatic rings. The minimum absolute atomic E-state index is 0.247. The molecule has 0 saturated heterocycles. The third-order valence-corrected chi connectivity index (χ3v) is 3.61. The topological polar surface area (TPSA) is 76.1 Å². The summed E-state index contributed by atoms with van der Waals surface area (Å²) in [6, 6.07) is 7.52. The molecule has 0 aliphatic carbocycles. The Hall–Kier alpha value is -1.99. The number of hydrogen-bond donors (Lipinski definition) is 2. The van der Waals surface area contributed by atoms with Crippen molar-refractivity contribution in [1.29, 1.82) is 0 Å². The van der Waals surface area contributed by atoms with Crippen LogP contribution in [0.1, 0.15) is 21.7 Å². The number of carbonyl (C=O) groups is 1. The van der Waals surface area contributed by atoms with Gasteiger partial charge in [-0.3, -0.25) is 4.79 Å². The number of aryl methyl sites for hydroxylation is 2. The van der Waals surface area contributed by atoms with E-state index in [2.05, 4.69) is 36.5 Å². The summed E-state index contributed by atoms with van der Waals surface area (Å²) in [5.41, 5.74) is 2.99. The molecule has 1 aromatic heterocycles. The first kappa shape index (κ1) is 17.4. The van der Waals surface area contributed by atoms with E-state index in [-0.39, 0.29) is 5.91 Å². The molecule has 2 N–H and O–H groups in total. The molecule has 2 rings (SSSR count). The number of carbonyl (C=O) groups excluding carboxylic acids is 1. The molecule has 0 bridgehead atoms. The number of methoxy groups -OCH3 is 1. The number of nitrogens with one attached hydrogen (secondary N) is 2. The molecule has 0 spiro atoms. The smallest absolute Gasteiger partial charge is 0.270 e. The quantitative estimate of drug-likeness (QED) is 0.755. The number of aromatic nitrogens is 2. The lowest BCUT2D eigenvalue weighted by Gasteiger charge is -2.11. The SMILES string of the molecule is COCCNC(=O)c1cc(C)nc(Nc2ccc(Br)cc2C)n1. The Morgan fingerprint density at radius 3 is 2.74 bits per heavy atom. The molecule has 0 saturated carbocycles. The van der Waals surface area contributed by atoms with Crippen molar-refractivity contribution >= 4 is 33.5 Å². The highest BCUT2D eigenvalue weighted by Gasteiger charge is 2.11. The maximum Gasteiger partial charge on any atom is 0.270 e. The summed E-state index contributed by atoms with van der Waals surface area (Å²) in [4.78, 5) is 20.7. The van der Waals surface area contributed by atoms with Gasteiger partial charge in [0.15, 0.2) is 0 Å². The van der Waals surface area contributed by atoms with Crippen molar-refractivity contribution in [2.75, 3.05) is 25.6 Å². The van der Waals surface area contributed by atoms with Crippen molar-refractivity contribution in [3.05, 3.63) is 45.7 Å². The molecular formula is C16H19BrN4O2. The first-order valence-electron chi connectivity index (χ1n) is 7.15. The monoisotopic (exact) mass is 378 g/mol. The van der Waals surface area contributed by atoms with Gasteiger partial charge in [0.2, 0.25) is 5.95 Å². The van der Waals surface area contributed by atoms with Crippen LogP contribution in [-0.4, -0.2) is 36.1 Å². The fourth-order valence-corrected chi connectivity index (χ4v) is 2.46. The third-order valence-electron chi connectivity index (χ3n) is 3.11. The van der Waals surface area contributed by atoms with Crippen LogP contribution in [0.25, 0.3) is 0 Å². The lowest BCUT2D eigenvalue weighted by atomic mass is 10.2. The third kappa shape index (κ3) is 5.01. The maximum atomic E-state index is 12.1. The van der Waals surface area contributed by atoms with Crippen LogP contribution in [0.5, 0.6) is 0 Å². The van der Waals surface area contributed by atoms with Crippen molar-refractivity contribution in [1.82, 2.24) is 15.3 Å². The summed E-state index contributed by atoms with van der Waals surface area (Å²) in [5.74, 6) is 0.149. The second kappa shape index (κ2) is 8.03. The first-order valence-corrected chi connectivity index (χ1v) is 7.95. The zero-order chi connectivity index (χ0) is 16.8. The van der Waals surface area contributed by atoms with Crippen molar-refractivity contribution < 1.29 is 9.53 Å². The molecule has 1 aromatic carbocycles. The van der Waals surface area contributed by atoms with E-state index in [9.17, 15) is 4.79 Å². The summed E-state index contributed by atoms with van der Waals surface area (Å²) in [5, 5.41) is 5.90. The van der Waals surface area contributed by atoms with Crippen molar-refractivity contribution in [3.8, 4) is 0 Å². The average Bonchev–Trinajstić information content (AvgIpc) is 2.50. The van der Waals surface area contributed by atoms with Gasteiger partial charge in [-0.1, -0.05) is 15.9 Å². The minimum atomic E-state index is -0.247. The maximum absolute atomic E-state index is 12.1. The van der Waals surface area contributed by atoms with Crippen LogP contribution in [-0.2, 0) is 4.74 Å². The summed E-state index contributed by atoms with van der Waals surface area (Å²) < 4.78 is 5.92. The zero-order valence-corrected chi connectivity index (χ0v) is 14.9. The molecule has 0 atom stereocenters. The van der Waals surface area contributed by atoms with Crippen LogP contribution in [0.2, 0.25) is 0 Å². The van der Waals surface area contributed by atoms with Gasteiger partial charge in [-0.25, -0.2) is 9.97 Å². The molecule has 0 radical (unpaired) electrons. The summed E-state index contributed by atoms with van der Waals surface area (Å²) >= 11 is 3.43. The second-order valence-electron chi connectivity index (χ2n) is 5.05. The molecular weight excluding hydrogens is 360 g/mol. The average molecular weight is 379 g/mol. The van der Waals surface area contributed by atoms with Crippen LogP contribution in [0.15, 0.2) is 28.7 Å². The summed E-state index contributed by atoms with van der Waals surface area (Å²) in [6.07, 6.45) is 0. The Labute approximate surface area is 143 Å². The van der Waals surface area contributed by atoms with Gasteiger partial charge < -0.3 is 15.4 Å². The van der Waals surface area contributed by atoms with Gasteiger partial charge in [-0.2, -0.15) is 0 Å². The summed E-state index contributed by atoms with van der Waals surface area (Å²) in [6.45, 7) is 4.71. The number of halogens is 1. The highest BCUT2D eigenvalue weighted by molar-refractivity contribution is 9.10. The van der Waals surface area contributed by atoms with Gasteiger partial charge >= 0.3 is 0 Å². The van der Waals surface area contributed by atoms with Gasteiger partial charge in [-0.05, 0) is 43.7 Å². The zero-order valence-electron chi connectivity index (χ0n) is 13.3. The van der Waals surface area contributed by atoms with E-state index >= 15 is 0 Å². The van der Waals surface area contributed by atoms with E-state index in [4.69, 9.17) is 4.74 Å². The molecule has 0 unspecified atom stereocenters. The Morgan fingerprint density at radius 2 is 2.04 bits per heavy atom. The predicted molar refractivity (Wildman–Crippen MR) is 93.1 cm³/mol. The molecule has 23 heavy (non-hydrogen) atoms. The molecule has 2 aromatic rings. The Morgan fingerprint density at radius 1 is 1.26 bits per heavy atom. The molecule has 1 amide bonds. The van der Waals surface area contributed by atoms with Crippen molar-refractivity contribution in [2.24, 2.45) is 0 Å². The number of anilines is 2. The van der Waals surface area contributed by atoms with Crippen LogP contribution in [0.4, 0.5) is 11.6 Å². The van der Waals surface area contributed by atoms with Crippen LogP contribution < -0.4 is 10.6 Å². The lowest BCUT2D eigenvalue weighted by molar-refractivity contribution is 0.0932. The number of rotatable bonds is 6. The van der Waals surface area contributed by atoms with Gasteiger partial charge in [0.1, 0.15) is 5.69 Å². The van der Waals surface area contributed by atoms with E-state index in [0.717, 1.165) is 15.7 Å². The van der Waals surface area contributed by atoms with Gasteiger partial charge in [0.25, 0.3) is 5.91 Å². The Kier molecular flexibility index (Phi) is 6.06. The highest BCUT2D eigenvalue weighted by atomic mass is 79.9. The molecule has 7 heteroatoms. The van der Waals surface area contributed by atoms with E-state index in [1.807, 2.05) is 32.0 Å². The lowest BCUT2D eigenvalue weighted by Crippen LogP contribution is -2.28. The van der Waals surface area contributed by atoms with E-state index < -0.39 is 0 Å². The largest absolute Gasteiger partial charge is 0.383 e. The Balaban J connectivity index is 2.18. The van der Waals surface area contributed by atoms with Crippen LogP contribution >= 0.6 is 15.9 Å². The van der Waals surface area contributed by atoms with Crippen molar-refractivity contribution in [2.45, 2.75) is 13.8 Å². The molecule has 6 nitrogen and oxygen atoms in total. The number of ether oxygens (including phenoxy) is 1. The second-order valence-corrected chi connectivity index (χ2v) is 5.97. The van der Waals surface area contributed by atoms with Gasteiger partial charge in [0, 0.05) is 29.5 Å². The number of benzene rings is 1. The molecule has 1 heterocycles. The molecule has 0 fully saturated rings. The normalized spacial score (nSPS) is 10.4. The van der Waals surface area contributed by atoms with E-state index in [0.29, 0.717) is 30.5 Å². The van der Waals surface area contributed by atoms with Crippen LogP contribution in [0, 0.1) is 13.8 Å². The van der Waals surface area contributed by atoms with Crippen LogP contribution in [0.3, 0.4) is 0 Å². The highest BCUT2D eigenvalue weighted by Crippen LogP contribution is 2.22. The number of amides is 1. The number of nitrogens with zero attached hydrogens (tertiary/aromatic N) is 2. The van der Waals surface area contributed by atoms with Gasteiger partial charge in [0.05, 0.1) is 6.61 Å². The fourth-order valence-electron chi connectivity index (χ4n) is 1.99.